The number of halogens is 2. The average Bonchev–Trinajstić information content (AvgIpc) is 3.34. The number of likely N-dealkylation sites (tertiary alicyclic amines) is 1. The summed E-state index contributed by atoms with van der Waals surface area (Å²) in [4.78, 5) is 24.3. The highest BCUT2D eigenvalue weighted by molar-refractivity contribution is 6.90. The summed E-state index contributed by atoms with van der Waals surface area (Å²) < 4.78 is 38.0. The van der Waals surface area contributed by atoms with E-state index in [4.69, 9.17) is 4.74 Å². The molecule has 0 aliphatic carbocycles. The number of hydrogen-bond acceptors (Lipinski definition) is 5. The van der Waals surface area contributed by atoms with Gasteiger partial charge in [0.05, 0.1) is 36.6 Å². The Hall–Kier alpha value is -4.23. The van der Waals surface area contributed by atoms with Gasteiger partial charge < -0.3 is 19.6 Å². The highest BCUT2D eigenvalue weighted by Crippen LogP contribution is 2.46. The number of pyridine rings is 2. The van der Waals surface area contributed by atoms with Crippen molar-refractivity contribution in [2.45, 2.75) is 76.7 Å². The molecule has 2 aliphatic rings. The Kier molecular flexibility index (Phi) is 8.17. The number of hydrogen-bond donors (Lipinski definition) is 1. The van der Waals surface area contributed by atoms with Crippen LogP contribution >= 0.6 is 0 Å². The lowest BCUT2D eigenvalue weighted by molar-refractivity contribution is 0.129. The predicted octanol–water partition coefficient (Wildman–Crippen LogP) is 8.25. The van der Waals surface area contributed by atoms with Crippen LogP contribution in [0.4, 0.5) is 19.3 Å². The minimum Gasteiger partial charge on any atom is -0.493 e. The summed E-state index contributed by atoms with van der Waals surface area (Å²) in [7, 11) is -0.658. The van der Waals surface area contributed by atoms with Gasteiger partial charge in [-0.25, -0.2) is 18.6 Å². The number of aromatic nitrogens is 2. The number of methoxy groups -OCH3 is 1. The molecule has 0 radical (unpaired) electrons. The van der Waals surface area contributed by atoms with Gasteiger partial charge in [-0.3, -0.25) is 4.98 Å². The van der Waals surface area contributed by atoms with E-state index in [0.29, 0.717) is 63.9 Å². The Labute approximate surface area is 269 Å². The van der Waals surface area contributed by atoms with Crippen LogP contribution in [0.25, 0.3) is 32.9 Å². The SMILES string of the molecule is COc1cnc2c(F)c(-c3cccc4ccc(F)c(C#C[Si](C(C)C)(C(C)C)C(C)C)c34)ncc2c1N1C[C@@H]2[C@H]1CCN2C(=O)O. The number of anilines is 1. The maximum Gasteiger partial charge on any atom is 0.407 e. The van der Waals surface area contributed by atoms with Crippen LogP contribution in [0.3, 0.4) is 0 Å². The molecule has 1 N–H and O–H groups in total. The third-order valence-electron chi connectivity index (χ3n) is 10.4. The normalized spacial score (nSPS) is 17.9. The first kappa shape index (κ1) is 31.7. The molecule has 0 bridgehead atoms. The molecule has 4 heterocycles. The monoisotopic (exact) mass is 642 g/mol. The number of carbonyl (C=O) groups is 1. The third kappa shape index (κ3) is 4.78. The fourth-order valence-electron chi connectivity index (χ4n) is 8.12. The molecule has 6 rings (SSSR count). The fourth-order valence-corrected chi connectivity index (χ4v) is 13.3. The molecule has 4 aromatic rings. The van der Waals surface area contributed by atoms with Crippen LogP contribution in [0.15, 0.2) is 42.7 Å². The number of benzene rings is 2. The summed E-state index contributed by atoms with van der Waals surface area (Å²) in [6, 6.07) is 8.40. The largest absolute Gasteiger partial charge is 0.493 e. The van der Waals surface area contributed by atoms with E-state index in [2.05, 4.69) is 67.9 Å². The van der Waals surface area contributed by atoms with Gasteiger partial charge in [-0.1, -0.05) is 71.7 Å². The standard InChI is InChI=1S/C36H40F2N4O3Si/c1-20(2)46(21(3)4,22(5)6)16-14-24-27(37)12-11-23-9-8-10-25(31(23)24)33-32(38)34-26(17-39-33)35(30(45-7)18-40-34)42-19-29-28(42)13-15-41(29)36(43)44/h8-12,17-18,20-22,28-29H,13,15,19H2,1-7H3,(H,43,44)/t28-,29-/m1/s1. The highest BCUT2D eigenvalue weighted by Gasteiger charge is 2.50. The predicted molar refractivity (Wildman–Crippen MR) is 181 cm³/mol. The highest BCUT2D eigenvalue weighted by atomic mass is 28.3. The van der Waals surface area contributed by atoms with E-state index in [1.54, 1.807) is 18.3 Å². The molecule has 2 saturated heterocycles. The van der Waals surface area contributed by atoms with Crippen molar-refractivity contribution in [1.29, 1.82) is 0 Å². The van der Waals surface area contributed by atoms with Crippen LogP contribution < -0.4 is 9.64 Å². The zero-order chi connectivity index (χ0) is 33.1. The summed E-state index contributed by atoms with van der Waals surface area (Å²) in [5, 5.41) is 11.3. The van der Waals surface area contributed by atoms with Gasteiger partial charge in [-0.05, 0) is 34.5 Å². The van der Waals surface area contributed by atoms with Crippen molar-refractivity contribution in [2.75, 3.05) is 25.1 Å². The zero-order valence-corrected chi connectivity index (χ0v) is 28.4. The molecule has 2 atom stereocenters. The van der Waals surface area contributed by atoms with Gasteiger partial charge in [0.25, 0.3) is 0 Å². The Balaban J connectivity index is 1.52. The lowest BCUT2D eigenvalue weighted by atomic mass is 9.94. The lowest BCUT2D eigenvalue weighted by Crippen LogP contribution is -2.62. The molecule has 10 heteroatoms. The number of carboxylic acid groups (broad SMARTS) is 1. The van der Waals surface area contributed by atoms with E-state index >= 15 is 8.78 Å². The van der Waals surface area contributed by atoms with Crippen molar-refractivity contribution in [3.05, 3.63) is 59.9 Å². The van der Waals surface area contributed by atoms with E-state index in [1.165, 1.54) is 24.3 Å². The molecule has 0 saturated carbocycles. The number of fused-ring (bicyclic) bond motifs is 3. The summed E-state index contributed by atoms with van der Waals surface area (Å²) >= 11 is 0. The van der Waals surface area contributed by atoms with Crippen LogP contribution in [0.1, 0.15) is 53.5 Å². The zero-order valence-electron chi connectivity index (χ0n) is 27.4. The van der Waals surface area contributed by atoms with E-state index in [0.717, 1.165) is 5.39 Å². The molecular formula is C36H40F2N4O3Si. The van der Waals surface area contributed by atoms with E-state index < -0.39 is 25.8 Å². The minimum absolute atomic E-state index is 0.0429. The summed E-state index contributed by atoms with van der Waals surface area (Å²) in [6.07, 6.45) is 2.82. The first-order valence-corrected chi connectivity index (χ1v) is 18.2. The third-order valence-corrected chi connectivity index (χ3v) is 16.7. The van der Waals surface area contributed by atoms with Gasteiger partial charge in [-0.15, -0.1) is 5.54 Å². The summed E-state index contributed by atoms with van der Waals surface area (Å²) in [5.41, 5.74) is 6.27. The van der Waals surface area contributed by atoms with Gasteiger partial charge in [0.1, 0.15) is 25.1 Å². The number of rotatable bonds is 6. The topological polar surface area (TPSA) is 78.8 Å². The molecule has 2 aromatic carbocycles. The smallest absolute Gasteiger partial charge is 0.407 e. The Morgan fingerprint density at radius 3 is 2.39 bits per heavy atom. The van der Waals surface area contributed by atoms with Crippen molar-refractivity contribution in [3.63, 3.8) is 0 Å². The van der Waals surface area contributed by atoms with Crippen LogP contribution in [0.2, 0.25) is 16.6 Å². The van der Waals surface area contributed by atoms with Gasteiger partial charge in [0.2, 0.25) is 0 Å². The maximum atomic E-state index is 16.7. The number of amides is 1. The molecule has 46 heavy (non-hydrogen) atoms. The van der Waals surface area contributed by atoms with Gasteiger partial charge in [0.15, 0.2) is 11.6 Å². The van der Waals surface area contributed by atoms with Crippen LogP contribution in [-0.4, -0.2) is 66.4 Å². The van der Waals surface area contributed by atoms with Crippen LogP contribution in [0.5, 0.6) is 5.75 Å². The van der Waals surface area contributed by atoms with Crippen LogP contribution in [0, 0.1) is 23.1 Å². The van der Waals surface area contributed by atoms with E-state index in [9.17, 15) is 9.90 Å². The quantitative estimate of drug-likeness (QED) is 0.169. The first-order chi connectivity index (χ1) is 21.9. The number of ether oxygens (including phenoxy) is 1. The second-order valence-corrected chi connectivity index (χ2v) is 19.0. The summed E-state index contributed by atoms with van der Waals surface area (Å²) in [6.45, 7) is 14.2. The Morgan fingerprint density at radius 1 is 1.02 bits per heavy atom. The van der Waals surface area contributed by atoms with Gasteiger partial charge in [-0.2, -0.15) is 0 Å². The molecule has 7 nitrogen and oxygen atoms in total. The van der Waals surface area contributed by atoms with Crippen molar-refractivity contribution < 1.29 is 23.4 Å². The minimum atomic E-state index is -2.19. The summed E-state index contributed by atoms with van der Waals surface area (Å²) in [5.74, 6) is 2.69. The average molecular weight is 643 g/mol. The van der Waals surface area contributed by atoms with Crippen molar-refractivity contribution in [3.8, 4) is 28.5 Å². The Bertz CT molecular complexity index is 1900. The molecule has 2 aromatic heterocycles. The Morgan fingerprint density at radius 2 is 1.74 bits per heavy atom. The second kappa shape index (κ2) is 11.8. The molecule has 0 unspecified atom stereocenters. The second-order valence-electron chi connectivity index (χ2n) is 13.4. The van der Waals surface area contributed by atoms with Crippen molar-refractivity contribution in [1.82, 2.24) is 14.9 Å². The molecule has 2 aliphatic heterocycles. The first-order valence-electron chi connectivity index (χ1n) is 15.9. The van der Waals surface area contributed by atoms with Crippen molar-refractivity contribution in [2.24, 2.45) is 0 Å². The van der Waals surface area contributed by atoms with E-state index in [-0.39, 0.29) is 28.9 Å². The lowest BCUT2D eigenvalue weighted by Gasteiger charge is -2.48. The van der Waals surface area contributed by atoms with Crippen molar-refractivity contribution >= 4 is 41.5 Å². The maximum absolute atomic E-state index is 16.7. The molecule has 240 valence electrons. The van der Waals surface area contributed by atoms with Gasteiger partial charge in [0, 0.05) is 35.6 Å². The molecule has 2 fully saturated rings. The molecule has 1 amide bonds. The number of nitrogens with zero attached hydrogens (tertiary/aromatic N) is 4. The van der Waals surface area contributed by atoms with Gasteiger partial charge >= 0.3 is 6.09 Å². The fraction of sp³-hybridized carbons (Fsp3) is 0.417. The van der Waals surface area contributed by atoms with E-state index in [1.807, 2.05) is 12.1 Å². The molecule has 0 spiro atoms. The van der Waals surface area contributed by atoms with Crippen LogP contribution in [-0.2, 0) is 0 Å². The molecular weight excluding hydrogens is 603 g/mol.